The minimum absolute atomic E-state index is 0.0972. The Bertz CT molecular complexity index is 967. The minimum Gasteiger partial charge on any atom is -0.465 e. The van der Waals surface area contributed by atoms with E-state index in [2.05, 4.69) is 10.3 Å². The van der Waals surface area contributed by atoms with Crippen molar-refractivity contribution < 1.29 is 14.3 Å². The molecule has 1 amide bonds. The molecule has 0 bridgehead atoms. The van der Waals surface area contributed by atoms with E-state index in [1.165, 1.54) is 24.6 Å². The second kappa shape index (κ2) is 7.68. The first-order valence-corrected chi connectivity index (χ1v) is 8.95. The van der Waals surface area contributed by atoms with Gasteiger partial charge in [-0.2, -0.15) is 0 Å². The number of nitrogens with one attached hydrogen (secondary N) is 1. The monoisotopic (exact) mass is 386 g/mol. The lowest BCUT2D eigenvalue weighted by molar-refractivity contribution is 0.0603. The molecule has 0 atom stereocenters. The maximum atomic E-state index is 12.5. The van der Waals surface area contributed by atoms with Crippen molar-refractivity contribution in [3.63, 3.8) is 0 Å². The number of pyridine rings is 1. The number of aryl methyl sites for hydroxylation is 1. The number of ether oxygens (including phenoxy) is 1. The molecule has 7 heteroatoms. The van der Waals surface area contributed by atoms with Gasteiger partial charge < -0.3 is 10.1 Å². The van der Waals surface area contributed by atoms with Crippen LogP contribution in [-0.4, -0.2) is 24.0 Å². The summed E-state index contributed by atoms with van der Waals surface area (Å²) in [7, 11) is 1.31. The Balaban J connectivity index is 2.00. The SMILES string of the molecule is COC(=O)c1c(-c2ccc(C)cc2)csc1NC(=O)c1cccnc1Cl. The van der Waals surface area contributed by atoms with Crippen molar-refractivity contribution in [2.45, 2.75) is 6.92 Å². The smallest absolute Gasteiger partial charge is 0.341 e. The van der Waals surface area contributed by atoms with Crippen molar-refractivity contribution in [2.24, 2.45) is 0 Å². The number of nitrogens with zero attached hydrogens (tertiary/aromatic N) is 1. The van der Waals surface area contributed by atoms with E-state index in [4.69, 9.17) is 16.3 Å². The molecule has 2 heterocycles. The van der Waals surface area contributed by atoms with Gasteiger partial charge in [-0.05, 0) is 24.6 Å². The lowest BCUT2D eigenvalue weighted by Crippen LogP contribution is -2.15. The highest BCUT2D eigenvalue weighted by atomic mass is 35.5. The van der Waals surface area contributed by atoms with Crippen molar-refractivity contribution >= 4 is 39.8 Å². The van der Waals surface area contributed by atoms with Gasteiger partial charge in [0, 0.05) is 17.1 Å². The zero-order valence-electron chi connectivity index (χ0n) is 14.1. The van der Waals surface area contributed by atoms with Gasteiger partial charge in [-0.3, -0.25) is 4.79 Å². The van der Waals surface area contributed by atoms with Gasteiger partial charge in [-0.1, -0.05) is 41.4 Å². The molecule has 132 valence electrons. The van der Waals surface area contributed by atoms with Crippen LogP contribution in [0.2, 0.25) is 5.15 Å². The molecule has 0 radical (unpaired) electrons. The van der Waals surface area contributed by atoms with Gasteiger partial charge in [-0.15, -0.1) is 11.3 Å². The van der Waals surface area contributed by atoms with Crippen LogP contribution in [-0.2, 0) is 4.74 Å². The minimum atomic E-state index is -0.519. The zero-order chi connectivity index (χ0) is 18.7. The van der Waals surface area contributed by atoms with Crippen LogP contribution >= 0.6 is 22.9 Å². The third-order valence-electron chi connectivity index (χ3n) is 3.77. The van der Waals surface area contributed by atoms with E-state index >= 15 is 0 Å². The zero-order valence-corrected chi connectivity index (χ0v) is 15.6. The average molecular weight is 387 g/mol. The van der Waals surface area contributed by atoms with Crippen molar-refractivity contribution in [3.05, 3.63) is 69.8 Å². The summed E-state index contributed by atoms with van der Waals surface area (Å²) in [4.78, 5) is 28.7. The van der Waals surface area contributed by atoms with Crippen LogP contribution in [0.15, 0.2) is 48.0 Å². The van der Waals surface area contributed by atoms with Crippen molar-refractivity contribution in [1.29, 1.82) is 0 Å². The second-order valence-electron chi connectivity index (χ2n) is 5.51. The molecular formula is C19H15ClN2O3S. The summed E-state index contributed by atoms with van der Waals surface area (Å²) in [5.41, 5.74) is 3.23. The summed E-state index contributed by atoms with van der Waals surface area (Å²) in [5, 5.41) is 5.05. The van der Waals surface area contributed by atoms with Crippen LogP contribution in [0.25, 0.3) is 11.1 Å². The summed E-state index contributed by atoms with van der Waals surface area (Å²) in [6, 6.07) is 11.0. The van der Waals surface area contributed by atoms with Gasteiger partial charge in [0.2, 0.25) is 0 Å². The number of carbonyl (C=O) groups excluding carboxylic acids is 2. The molecular weight excluding hydrogens is 372 g/mol. The Kier molecular flexibility index (Phi) is 5.35. The van der Waals surface area contributed by atoms with Crippen LogP contribution in [0.3, 0.4) is 0 Å². The number of esters is 1. The van der Waals surface area contributed by atoms with E-state index in [0.717, 1.165) is 11.1 Å². The fourth-order valence-electron chi connectivity index (χ4n) is 2.43. The molecule has 3 rings (SSSR count). The molecule has 0 aliphatic rings. The van der Waals surface area contributed by atoms with Gasteiger partial charge >= 0.3 is 5.97 Å². The molecule has 0 saturated heterocycles. The number of methoxy groups -OCH3 is 1. The van der Waals surface area contributed by atoms with Gasteiger partial charge in [0.25, 0.3) is 5.91 Å². The van der Waals surface area contributed by atoms with Crippen molar-refractivity contribution in [1.82, 2.24) is 4.98 Å². The van der Waals surface area contributed by atoms with E-state index in [1.807, 2.05) is 36.6 Å². The lowest BCUT2D eigenvalue weighted by Gasteiger charge is -2.08. The summed E-state index contributed by atoms with van der Waals surface area (Å²) >= 11 is 7.22. The van der Waals surface area contributed by atoms with Crippen LogP contribution < -0.4 is 5.32 Å². The first kappa shape index (κ1) is 18.1. The third kappa shape index (κ3) is 3.61. The highest BCUT2D eigenvalue weighted by molar-refractivity contribution is 7.15. The fourth-order valence-corrected chi connectivity index (χ4v) is 3.58. The molecule has 1 N–H and O–H groups in total. The Morgan fingerprint density at radius 2 is 1.92 bits per heavy atom. The summed E-state index contributed by atoms with van der Waals surface area (Å²) in [5.74, 6) is -0.958. The molecule has 2 aromatic heterocycles. The normalized spacial score (nSPS) is 10.4. The maximum Gasteiger partial charge on any atom is 0.341 e. The van der Waals surface area contributed by atoms with E-state index in [0.29, 0.717) is 16.1 Å². The van der Waals surface area contributed by atoms with Crippen LogP contribution in [0, 0.1) is 6.92 Å². The van der Waals surface area contributed by atoms with Gasteiger partial charge in [0.1, 0.15) is 15.7 Å². The van der Waals surface area contributed by atoms with E-state index in [1.54, 1.807) is 12.1 Å². The number of rotatable bonds is 4. The number of hydrogen-bond acceptors (Lipinski definition) is 5. The van der Waals surface area contributed by atoms with Crippen molar-refractivity contribution in [2.75, 3.05) is 12.4 Å². The maximum absolute atomic E-state index is 12.5. The second-order valence-corrected chi connectivity index (χ2v) is 6.74. The average Bonchev–Trinajstić information content (AvgIpc) is 3.05. The van der Waals surface area contributed by atoms with Gasteiger partial charge in [-0.25, -0.2) is 9.78 Å². The summed E-state index contributed by atoms with van der Waals surface area (Å²) < 4.78 is 4.91. The van der Waals surface area contributed by atoms with Gasteiger partial charge in [0.15, 0.2) is 0 Å². The van der Waals surface area contributed by atoms with E-state index in [9.17, 15) is 9.59 Å². The molecule has 0 aliphatic heterocycles. The van der Waals surface area contributed by atoms with Crippen molar-refractivity contribution in [3.8, 4) is 11.1 Å². The third-order valence-corrected chi connectivity index (χ3v) is 4.97. The number of aromatic nitrogens is 1. The number of amides is 1. The molecule has 26 heavy (non-hydrogen) atoms. The Hall–Kier alpha value is -2.70. The molecule has 0 spiro atoms. The van der Waals surface area contributed by atoms with Crippen LogP contribution in [0.1, 0.15) is 26.3 Å². The molecule has 5 nitrogen and oxygen atoms in total. The fraction of sp³-hybridized carbons (Fsp3) is 0.105. The number of thiophene rings is 1. The molecule has 0 saturated carbocycles. The standard InChI is InChI=1S/C19H15ClN2O3S/c1-11-5-7-12(8-6-11)14-10-26-18(15(14)19(24)25-2)22-17(23)13-4-3-9-21-16(13)20/h3-10H,1-2H3,(H,22,23). The van der Waals surface area contributed by atoms with E-state index in [-0.39, 0.29) is 10.7 Å². The summed E-state index contributed by atoms with van der Waals surface area (Å²) in [6.45, 7) is 1.99. The Labute approximate surface area is 159 Å². The molecule has 1 aromatic carbocycles. The Morgan fingerprint density at radius 1 is 1.19 bits per heavy atom. The van der Waals surface area contributed by atoms with Gasteiger partial charge in [0.05, 0.1) is 12.7 Å². The Morgan fingerprint density at radius 3 is 2.58 bits per heavy atom. The summed E-state index contributed by atoms with van der Waals surface area (Å²) in [6.07, 6.45) is 1.50. The quantitative estimate of drug-likeness (QED) is 0.516. The highest BCUT2D eigenvalue weighted by Gasteiger charge is 2.23. The van der Waals surface area contributed by atoms with Crippen LogP contribution in [0.4, 0.5) is 5.00 Å². The van der Waals surface area contributed by atoms with Crippen LogP contribution in [0.5, 0.6) is 0 Å². The largest absolute Gasteiger partial charge is 0.465 e. The molecule has 0 unspecified atom stereocenters. The molecule has 0 aliphatic carbocycles. The first-order chi connectivity index (χ1) is 12.5. The van der Waals surface area contributed by atoms with E-state index < -0.39 is 11.9 Å². The molecule has 0 fully saturated rings. The topological polar surface area (TPSA) is 68.3 Å². The number of hydrogen-bond donors (Lipinski definition) is 1. The number of halogens is 1. The first-order valence-electron chi connectivity index (χ1n) is 7.70. The highest BCUT2D eigenvalue weighted by Crippen LogP contribution is 2.36. The number of carbonyl (C=O) groups is 2. The predicted octanol–water partition coefficient (Wildman–Crippen LogP) is 4.81. The number of benzene rings is 1. The molecule has 3 aromatic rings. The lowest BCUT2D eigenvalue weighted by atomic mass is 10.0. The predicted molar refractivity (Wildman–Crippen MR) is 103 cm³/mol. The number of anilines is 1.